The Labute approximate surface area is 595 Å². The predicted molar refractivity (Wildman–Crippen MR) is 395 cm³/mol. The molecule has 15 heteroatoms. The molecule has 100 heavy (non-hydrogen) atoms. The number of nitrogens with zero attached hydrogens (tertiary/aromatic N) is 3. The van der Waals surface area contributed by atoms with Crippen molar-refractivity contribution in [2.24, 2.45) is 0 Å². The van der Waals surface area contributed by atoms with E-state index in [2.05, 4.69) is 155 Å². The van der Waals surface area contributed by atoms with Crippen LogP contribution < -0.4 is 0 Å². The van der Waals surface area contributed by atoms with E-state index in [1.807, 2.05) is 0 Å². The van der Waals surface area contributed by atoms with Gasteiger partial charge in [-0.1, -0.05) is 173 Å². The number of carboxylic acid groups (broad SMARTS) is 3. The number of carbonyl (C=O) groups excluding carboxylic acids is 3. The number of benzene rings is 3. The molecule has 0 fully saturated rings. The van der Waals surface area contributed by atoms with Crippen molar-refractivity contribution in [1.29, 1.82) is 0 Å². The van der Waals surface area contributed by atoms with Crippen LogP contribution in [0.3, 0.4) is 0 Å². The number of ether oxygens (including phenoxy) is 3. The molecule has 0 spiro atoms. The Morgan fingerprint density at radius 2 is 0.660 bits per heavy atom. The number of aromatic nitrogens is 3. The first-order valence-electron chi connectivity index (χ1n) is 36.7. The molecule has 3 aromatic carbocycles. The van der Waals surface area contributed by atoms with Crippen LogP contribution in [0.25, 0.3) is 0 Å². The van der Waals surface area contributed by atoms with E-state index < -0.39 is 17.9 Å². The average Bonchev–Trinajstić information content (AvgIpc) is 0.760. The lowest BCUT2D eigenvalue weighted by atomic mass is 9.62. The van der Waals surface area contributed by atoms with Crippen LogP contribution in [-0.4, -0.2) is 85.9 Å². The predicted octanol–water partition coefficient (Wildman–Crippen LogP) is 19.2. The summed E-state index contributed by atoms with van der Waals surface area (Å²) in [5.41, 5.74) is 16.1. The van der Waals surface area contributed by atoms with Gasteiger partial charge in [0.2, 0.25) is 0 Å². The van der Waals surface area contributed by atoms with Crippen LogP contribution in [0.2, 0.25) is 0 Å². The maximum absolute atomic E-state index is 13.2. The van der Waals surface area contributed by atoms with Gasteiger partial charge in [-0.05, 0) is 214 Å². The quantitative estimate of drug-likeness (QED) is 0.0236. The summed E-state index contributed by atoms with van der Waals surface area (Å²) in [5.74, 6) is -3.91. The molecule has 0 saturated heterocycles. The Balaban J connectivity index is 0.000000211. The minimum absolute atomic E-state index is 0.00654. The third-order valence-corrected chi connectivity index (χ3v) is 21.3. The second-order valence-corrected chi connectivity index (χ2v) is 31.9. The van der Waals surface area contributed by atoms with Gasteiger partial charge in [-0.3, -0.25) is 9.97 Å². The highest BCUT2D eigenvalue weighted by Crippen LogP contribution is 2.50. The lowest BCUT2D eigenvalue weighted by Crippen LogP contribution is -2.34. The highest BCUT2D eigenvalue weighted by atomic mass is 16.5. The molecule has 9 rings (SSSR count). The van der Waals surface area contributed by atoms with E-state index in [4.69, 9.17) is 29.5 Å². The van der Waals surface area contributed by atoms with Crippen molar-refractivity contribution in [2.75, 3.05) is 19.8 Å². The summed E-state index contributed by atoms with van der Waals surface area (Å²) in [6.45, 7) is 34.6. The number of unbranched alkanes of at least 4 members (excludes halogenated alkanes) is 7. The van der Waals surface area contributed by atoms with Gasteiger partial charge in [0, 0.05) is 49.2 Å². The Morgan fingerprint density at radius 3 is 0.940 bits per heavy atom. The molecule has 540 valence electrons. The van der Waals surface area contributed by atoms with Crippen LogP contribution in [0.15, 0.2) is 91.4 Å². The van der Waals surface area contributed by atoms with Gasteiger partial charge in [0.1, 0.15) is 5.69 Å². The van der Waals surface area contributed by atoms with Gasteiger partial charge in [-0.2, -0.15) is 0 Å². The summed E-state index contributed by atoms with van der Waals surface area (Å²) in [5, 5.41) is 27.0. The Bertz CT molecular complexity index is 3650. The summed E-state index contributed by atoms with van der Waals surface area (Å²) in [7, 11) is 0. The lowest BCUT2D eigenvalue weighted by molar-refractivity contribution is 0.0497. The molecule has 0 unspecified atom stereocenters. The van der Waals surface area contributed by atoms with Crippen LogP contribution in [0, 0.1) is 0 Å². The standard InChI is InChI=1S/C29H39NO4.2C28H37NO4/c1-6-7-8-9-10-20-17-24-25(29(4,5)15-14-28(24,2)3)18-23(20)27(33)34-16-13-22-12-11-21(19-30-22)26(31)32;1-6-7-8-9-20-16-22-23(28(4,5)14-13-27(22,2)3)17-21(20)26(32)33-15-12-19-10-11-24(25(30)31)29-18-19;1-6-7-8-9-19-16-23-24(28(4,5)14-13-27(23,2)3)17-22(19)26(32)33-15-12-21-11-10-20(18-29-21)25(30)31/h11-12,17-19H,6-10,13-16H2,1-5H3,(H,31,32);2*10-11,16-18H,6-9,12-15H2,1-5H3,(H,30,31). The molecule has 3 heterocycles. The second-order valence-electron chi connectivity index (χ2n) is 31.9. The number of aromatic carboxylic acids is 3. The third-order valence-electron chi connectivity index (χ3n) is 21.3. The van der Waals surface area contributed by atoms with Crippen LogP contribution in [0.1, 0.15) is 336 Å². The molecule has 0 amide bonds. The fourth-order valence-electron chi connectivity index (χ4n) is 14.1. The summed E-state index contributed by atoms with van der Waals surface area (Å²) in [4.78, 5) is 84.7. The molecule has 0 bridgehead atoms. The van der Waals surface area contributed by atoms with Crippen molar-refractivity contribution in [1.82, 2.24) is 15.0 Å². The highest BCUT2D eigenvalue weighted by molar-refractivity contribution is 5.93. The summed E-state index contributed by atoms with van der Waals surface area (Å²) in [6.07, 6.45) is 26.2. The minimum atomic E-state index is -1.05. The zero-order valence-corrected chi connectivity index (χ0v) is 62.7. The first kappa shape index (κ1) is 79.3. The van der Waals surface area contributed by atoms with Gasteiger partial charge in [0.15, 0.2) is 0 Å². The number of carboxylic acids is 3. The number of aryl methyl sites for hydroxylation is 3. The largest absolute Gasteiger partial charge is 0.478 e. The highest BCUT2D eigenvalue weighted by Gasteiger charge is 2.41. The van der Waals surface area contributed by atoms with Crippen molar-refractivity contribution in [3.63, 3.8) is 0 Å². The maximum atomic E-state index is 13.2. The van der Waals surface area contributed by atoms with Crippen molar-refractivity contribution in [3.05, 3.63) is 192 Å². The molecule has 0 radical (unpaired) electrons. The number of fused-ring (bicyclic) bond motifs is 3. The monoisotopic (exact) mass is 1370 g/mol. The molecule has 0 atom stereocenters. The minimum Gasteiger partial charge on any atom is -0.478 e. The smallest absolute Gasteiger partial charge is 0.354 e. The zero-order chi connectivity index (χ0) is 73.4. The van der Waals surface area contributed by atoms with E-state index >= 15 is 0 Å². The number of pyridine rings is 3. The van der Waals surface area contributed by atoms with Gasteiger partial charge in [0.05, 0.1) is 47.6 Å². The van der Waals surface area contributed by atoms with Crippen LogP contribution >= 0.6 is 0 Å². The zero-order valence-electron chi connectivity index (χ0n) is 62.7. The fraction of sp³-hybridized carbons (Fsp3) is 0.541. The first-order chi connectivity index (χ1) is 47.1. The Hall–Kier alpha value is -8.07. The van der Waals surface area contributed by atoms with Crippen LogP contribution in [-0.2, 0) is 85.2 Å². The summed E-state index contributed by atoms with van der Waals surface area (Å²) < 4.78 is 17.1. The molecular formula is C85H113N3O12. The van der Waals surface area contributed by atoms with Gasteiger partial charge >= 0.3 is 35.8 Å². The Kier molecular flexibility index (Phi) is 27.4. The number of carbonyl (C=O) groups is 6. The van der Waals surface area contributed by atoms with E-state index in [9.17, 15) is 28.8 Å². The maximum Gasteiger partial charge on any atom is 0.354 e. The molecule has 3 aliphatic rings. The molecule has 6 aromatic rings. The SMILES string of the molecule is CCCCCCc1cc2c(cc1C(=O)OCCc1ccc(C(=O)O)cn1)C(C)(C)CCC2(C)C.CCCCCc1cc2c(cc1C(=O)OCCc1ccc(C(=O)O)cn1)C(C)(C)CCC2(C)C.CCCCCc1cc2c(cc1C(=O)OCCc1ccc(C(=O)O)nc1)C(C)(C)CCC2(C)C. The van der Waals surface area contributed by atoms with Crippen molar-refractivity contribution < 1.29 is 58.3 Å². The second kappa shape index (κ2) is 34.5. The number of esters is 3. The normalized spacial score (nSPS) is 16.1. The molecule has 15 nitrogen and oxygen atoms in total. The molecule has 0 aliphatic heterocycles. The van der Waals surface area contributed by atoms with Crippen molar-refractivity contribution >= 4 is 35.8 Å². The van der Waals surface area contributed by atoms with Gasteiger partial charge in [-0.15, -0.1) is 0 Å². The lowest BCUT2D eigenvalue weighted by Gasteiger charge is -2.42. The molecular weight excluding hydrogens is 1250 g/mol. The van der Waals surface area contributed by atoms with Crippen LogP contribution in [0.4, 0.5) is 0 Å². The average molecular weight is 1370 g/mol. The fourth-order valence-corrected chi connectivity index (χ4v) is 14.1. The molecule has 0 saturated carbocycles. The van der Waals surface area contributed by atoms with E-state index in [-0.39, 0.29) is 87.0 Å². The summed E-state index contributed by atoms with van der Waals surface area (Å²) >= 11 is 0. The van der Waals surface area contributed by atoms with Gasteiger partial charge < -0.3 is 29.5 Å². The third kappa shape index (κ3) is 20.8. The van der Waals surface area contributed by atoms with E-state index in [0.717, 1.165) is 131 Å². The van der Waals surface area contributed by atoms with Crippen LogP contribution in [0.5, 0.6) is 0 Å². The summed E-state index contributed by atoms with van der Waals surface area (Å²) in [6, 6.07) is 22.7. The topological polar surface area (TPSA) is 229 Å². The molecule has 3 aromatic heterocycles. The molecule has 3 N–H and O–H groups in total. The van der Waals surface area contributed by atoms with E-state index in [1.165, 1.54) is 83.0 Å². The number of rotatable bonds is 28. The number of hydrogen-bond donors (Lipinski definition) is 3. The van der Waals surface area contributed by atoms with E-state index in [0.29, 0.717) is 47.3 Å². The van der Waals surface area contributed by atoms with E-state index in [1.54, 1.807) is 18.2 Å². The van der Waals surface area contributed by atoms with Crippen molar-refractivity contribution in [3.8, 4) is 0 Å². The number of hydrogen-bond acceptors (Lipinski definition) is 12. The molecule has 3 aliphatic carbocycles. The van der Waals surface area contributed by atoms with Gasteiger partial charge in [-0.25, -0.2) is 33.8 Å². The first-order valence-corrected chi connectivity index (χ1v) is 36.7. The Morgan fingerprint density at radius 1 is 0.350 bits per heavy atom. The van der Waals surface area contributed by atoms with Gasteiger partial charge in [0.25, 0.3) is 0 Å². The van der Waals surface area contributed by atoms with Crippen molar-refractivity contribution in [2.45, 2.75) is 278 Å².